The largest absolute Gasteiger partial charge is 0.344 e. The number of carbonyl (C=O) groups excluding carboxylic acids is 2. The quantitative estimate of drug-likeness (QED) is 0.668. The van der Waals surface area contributed by atoms with Crippen LogP contribution in [0.5, 0.6) is 0 Å². The van der Waals surface area contributed by atoms with Crippen LogP contribution in [0.2, 0.25) is 0 Å². The predicted molar refractivity (Wildman–Crippen MR) is 119 cm³/mol. The molecule has 2 aromatic rings. The Morgan fingerprint density at radius 3 is 2.48 bits per heavy atom. The topological polar surface area (TPSA) is 86.9 Å². The number of ketones is 1. The van der Waals surface area contributed by atoms with Crippen molar-refractivity contribution in [2.24, 2.45) is 5.41 Å². The van der Waals surface area contributed by atoms with Gasteiger partial charge in [-0.2, -0.15) is 5.26 Å². The molecule has 158 valence electrons. The molecule has 1 amide bonds. The first-order valence-electron chi connectivity index (χ1n) is 10.6. The van der Waals surface area contributed by atoms with Crippen LogP contribution in [0.3, 0.4) is 0 Å². The van der Waals surface area contributed by atoms with Gasteiger partial charge in [0, 0.05) is 46.2 Å². The number of nitrogens with one attached hydrogen (secondary N) is 2. The number of Topliss-reactive ketones (excluding diaryl/α,β-unsaturated/α-hetero) is 1. The number of nitrogens with zero attached hydrogens (tertiary/aromatic N) is 2. The summed E-state index contributed by atoms with van der Waals surface area (Å²) < 4.78 is 2.02. The molecule has 5 rings (SSSR count). The molecule has 1 aliphatic carbocycles. The molecule has 31 heavy (non-hydrogen) atoms. The number of amides is 1. The molecule has 6 nitrogen and oxygen atoms in total. The van der Waals surface area contributed by atoms with Gasteiger partial charge in [0.05, 0.1) is 5.56 Å². The van der Waals surface area contributed by atoms with Gasteiger partial charge in [0.25, 0.3) is 0 Å². The number of aromatic nitrogens is 1. The second-order valence-electron chi connectivity index (χ2n) is 10.6. The smallest absolute Gasteiger partial charge is 0.244 e. The molecule has 2 aliphatic heterocycles. The fraction of sp³-hybridized carbons (Fsp3) is 0.400. The Morgan fingerprint density at radius 1 is 1.10 bits per heavy atom. The maximum Gasteiger partial charge on any atom is 0.244 e. The molecule has 3 aliphatic rings. The summed E-state index contributed by atoms with van der Waals surface area (Å²) in [6, 6.07) is 9.81. The van der Waals surface area contributed by atoms with E-state index in [1.54, 1.807) is 0 Å². The van der Waals surface area contributed by atoms with Gasteiger partial charge in [-0.15, -0.1) is 0 Å². The van der Waals surface area contributed by atoms with E-state index >= 15 is 0 Å². The molecule has 1 atom stereocenters. The molecule has 1 aromatic heterocycles. The Morgan fingerprint density at radius 2 is 1.81 bits per heavy atom. The van der Waals surface area contributed by atoms with Gasteiger partial charge in [-0.3, -0.25) is 9.59 Å². The summed E-state index contributed by atoms with van der Waals surface area (Å²) in [5.41, 5.74) is 1.85. The Hall–Kier alpha value is -3.33. The lowest BCUT2D eigenvalue weighted by Crippen LogP contribution is -2.48. The average molecular weight is 415 g/mol. The molecule has 0 fully saturated rings. The average Bonchev–Trinajstić information content (AvgIpc) is 3.17. The zero-order chi connectivity index (χ0) is 22.3. The van der Waals surface area contributed by atoms with E-state index in [1.807, 2.05) is 35.0 Å². The SMILES string of the molecule is CC1(C)CC(=O)C2=C(C1)Nc1c(c(C#N)cn1C(C)(C)C)C21C(=O)Nc2ccccc21. The summed E-state index contributed by atoms with van der Waals surface area (Å²) in [5, 5.41) is 16.6. The standard InChI is InChI=1S/C25H26N4O2/c1-23(2,3)29-13-14(12-26)19-21(29)27-17-10-24(4,5)11-18(30)20(17)25(19)15-8-6-7-9-16(15)28-22(25)31/h6-9,13,27H,10-11H2,1-5H3,(H,28,31). The highest BCUT2D eigenvalue weighted by Gasteiger charge is 2.60. The number of hydrogen-bond donors (Lipinski definition) is 2. The van der Waals surface area contributed by atoms with Crippen molar-refractivity contribution in [1.29, 1.82) is 5.26 Å². The van der Waals surface area contributed by atoms with Gasteiger partial charge in [-0.25, -0.2) is 0 Å². The lowest BCUT2D eigenvalue weighted by Gasteiger charge is -2.43. The molecule has 0 bridgehead atoms. The van der Waals surface area contributed by atoms with E-state index in [9.17, 15) is 14.9 Å². The Bertz CT molecular complexity index is 1250. The number of hydrogen-bond acceptors (Lipinski definition) is 4. The van der Waals surface area contributed by atoms with Gasteiger partial charge in [-0.1, -0.05) is 32.0 Å². The van der Waals surface area contributed by atoms with Crippen molar-refractivity contribution >= 4 is 23.2 Å². The Balaban J connectivity index is 1.95. The molecule has 1 aromatic carbocycles. The van der Waals surface area contributed by atoms with Crippen molar-refractivity contribution in [3.63, 3.8) is 0 Å². The molecular weight excluding hydrogens is 388 g/mol. The number of benzene rings is 1. The highest BCUT2D eigenvalue weighted by Crippen LogP contribution is 2.58. The van der Waals surface area contributed by atoms with Crippen molar-refractivity contribution in [1.82, 2.24) is 4.57 Å². The third-order valence-corrected chi connectivity index (χ3v) is 6.66. The van der Waals surface area contributed by atoms with Gasteiger partial charge in [0.1, 0.15) is 17.3 Å². The molecule has 3 heterocycles. The number of anilines is 2. The summed E-state index contributed by atoms with van der Waals surface area (Å²) in [6.07, 6.45) is 2.82. The van der Waals surface area contributed by atoms with Crippen LogP contribution in [-0.2, 0) is 20.5 Å². The maximum absolute atomic E-state index is 13.8. The zero-order valence-electron chi connectivity index (χ0n) is 18.5. The van der Waals surface area contributed by atoms with Crippen LogP contribution < -0.4 is 10.6 Å². The van der Waals surface area contributed by atoms with Crippen LogP contribution in [0, 0.1) is 16.7 Å². The minimum Gasteiger partial charge on any atom is -0.344 e. The van der Waals surface area contributed by atoms with Gasteiger partial charge >= 0.3 is 0 Å². The van der Waals surface area contributed by atoms with Crippen molar-refractivity contribution in [3.8, 4) is 6.07 Å². The normalized spacial score (nSPS) is 23.6. The van der Waals surface area contributed by atoms with E-state index in [0.29, 0.717) is 35.2 Å². The molecule has 1 spiro atoms. The number of nitriles is 1. The van der Waals surface area contributed by atoms with Gasteiger partial charge in [0.2, 0.25) is 5.91 Å². The second kappa shape index (κ2) is 5.88. The van der Waals surface area contributed by atoms with E-state index in [1.165, 1.54) is 0 Å². The fourth-order valence-electron chi connectivity index (χ4n) is 5.51. The van der Waals surface area contributed by atoms with Crippen LogP contribution in [0.15, 0.2) is 41.7 Å². The van der Waals surface area contributed by atoms with E-state index in [2.05, 4.69) is 51.3 Å². The monoisotopic (exact) mass is 414 g/mol. The molecule has 0 saturated carbocycles. The van der Waals surface area contributed by atoms with Crippen molar-refractivity contribution < 1.29 is 9.59 Å². The van der Waals surface area contributed by atoms with Crippen LogP contribution in [0.25, 0.3) is 0 Å². The van der Waals surface area contributed by atoms with Crippen LogP contribution in [-0.4, -0.2) is 16.3 Å². The van der Waals surface area contributed by atoms with Gasteiger partial charge in [-0.05, 0) is 38.7 Å². The predicted octanol–water partition coefficient (Wildman–Crippen LogP) is 4.42. The highest BCUT2D eigenvalue weighted by molar-refractivity contribution is 6.20. The number of para-hydroxylation sites is 1. The first-order valence-corrected chi connectivity index (χ1v) is 10.6. The van der Waals surface area contributed by atoms with Crippen molar-refractivity contribution in [2.45, 2.75) is 58.4 Å². The van der Waals surface area contributed by atoms with Gasteiger partial charge < -0.3 is 15.2 Å². The van der Waals surface area contributed by atoms with E-state index in [0.717, 1.165) is 17.1 Å². The lowest BCUT2D eigenvalue weighted by molar-refractivity contribution is -0.123. The highest BCUT2D eigenvalue weighted by atomic mass is 16.2. The molecule has 1 unspecified atom stereocenters. The van der Waals surface area contributed by atoms with Crippen LogP contribution in [0.1, 0.15) is 64.2 Å². The van der Waals surface area contributed by atoms with Crippen LogP contribution >= 0.6 is 0 Å². The summed E-state index contributed by atoms with van der Waals surface area (Å²) >= 11 is 0. The fourth-order valence-corrected chi connectivity index (χ4v) is 5.51. The minimum atomic E-state index is -1.32. The maximum atomic E-state index is 13.8. The molecule has 6 heteroatoms. The minimum absolute atomic E-state index is 0.0383. The summed E-state index contributed by atoms with van der Waals surface area (Å²) in [7, 11) is 0. The number of fused-ring (bicyclic) bond motifs is 5. The third-order valence-electron chi connectivity index (χ3n) is 6.66. The van der Waals surface area contributed by atoms with E-state index in [4.69, 9.17) is 0 Å². The summed E-state index contributed by atoms with van der Waals surface area (Å²) in [5.74, 6) is 0.420. The zero-order valence-corrected chi connectivity index (χ0v) is 18.5. The number of carbonyl (C=O) groups is 2. The number of rotatable bonds is 0. The second-order valence-corrected chi connectivity index (χ2v) is 10.6. The van der Waals surface area contributed by atoms with Crippen molar-refractivity contribution in [3.05, 3.63) is 58.4 Å². The first kappa shape index (κ1) is 19.6. The lowest BCUT2D eigenvalue weighted by atomic mass is 9.61. The van der Waals surface area contributed by atoms with E-state index in [-0.39, 0.29) is 22.6 Å². The van der Waals surface area contributed by atoms with Crippen LogP contribution in [0.4, 0.5) is 11.5 Å². The third kappa shape index (κ3) is 2.43. The molecule has 0 saturated heterocycles. The molecular formula is C25H26N4O2. The number of allylic oxidation sites excluding steroid dienone is 1. The van der Waals surface area contributed by atoms with Gasteiger partial charge in [0.15, 0.2) is 5.78 Å². The van der Waals surface area contributed by atoms with Crippen molar-refractivity contribution in [2.75, 3.05) is 10.6 Å². The summed E-state index contributed by atoms with van der Waals surface area (Å²) in [4.78, 5) is 27.4. The first-order chi connectivity index (χ1) is 14.5. The molecule has 0 radical (unpaired) electrons. The molecule has 2 N–H and O–H groups in total. The Kier molecular flexibility index (Phi) is 3.72. The summed E-state index contributed by atoms with van der Waals surface area (Å²) in [6.45, 7) is 10.3. The Labute approximate surface area is 181 Å². The van der Waals surface area contributed by atoms with E-state index < -0.39 is 5.41 Å².